The van der Waals surface area contributed by atoms with E-state index in [9.17, 15) is 9.18 Å². The Morgan fingerprint density at radius 2 is 2.05 bits per heavy atom. The third-order valence-corrected chi connectivity index (χ3v) is 4.75. The van der Waals surface area contributed by atoms with Gasteiger partial charge in [0.2, 0.25) is 0 Å². The summed E-state index contributed by atoms with van der Waals surface area (Å²) in [4.78, 5) is 14.2. The minimum Gasteiger partial charge on any atom is -0.466 e. The number of likely N-dealkylation sites (tertiary alicyclic amines) is 1. The summed E-state index contributed by atoms with van der Waals surface area (Å²) >= 11 is 0. The zero-order valence-corrected chi connectivity index (χ0v) is 12.4. The zero-order chi connectivity index (χ0) is 14.9. The summed E-state index contributed by atoms with van der Waals surface area (Å²) in [5, 5.41) is 0. The largest absolute Gasteiger partial charge is 0.466 e. The SMILES string of the molecule is CCOC(=O)C1(C2CN(Cc3ccccc3)CC2F)CC1. The van der Waals surface area contributed by atoms with Crippen LogP contribution in [0.1, 0.15) is 25.3 Å². The lowest BCUT2D eigenvalue weighted by atomic mass is 9.87. The number of carbonyl (C=O) groups excluding carboxylic acids is 1. The predicted octanol–water partition coefficient (Wildman–Crippen LogP) is 2.80. The molecule has 1 heterocycles. The second-order valence-electron chi connectivity index (χ2n) is 6.18. The van der Waals surface area contributed by atoms with Gasteiger partial charge in [0.25, 0.3) is 0 Å². The molecule has 114 valence electrons. The molecule has 0 amide bonds. The van der Waals surface area contributed by atoms with Gasteiger partial charge in [0.1, 0.15) is 6.17 Å². The number of rotatable bonds is 5. The minimum atomic E-state index is -0.930. The Bertz CT molecular complexity index is 501. The van der Waals surface area contributed by atoms with E-state index in [1.54, 1.807) is 6.92 Å². The molecule has 3 rings (SSSR count). The number of ether oxygens (including phenoxy) is 1. The Morgan fingerprint density at radius 3 is 2.67 bits per heavy atom. The van der Waals surface area contributed by atoms with Gasteiger partial charge in [-0.1, -0.05) is 30.3 Å². The van der Waals surface area contributed by atoms with Crippen LogP contribution in [0.2, 0.25) is 0 Å². The van der Waals surface area contributed by atoms with E-state index in [0.717, 1.165) is 19.4 Å². The third-order valence-electron chi connectivity index (χ3n) is 4.75. The van der Waals surface area contributed by atoms with Gasteiger partial charge >= 0.3 is 5.97 Å². The molecule has 1 saturated heterocycles. The van der Waals surface area contributed by atoms with Gasteiger partial charge in [0.05, 0.1) is 12.0 Å². The van der Waals surface area contributed by atoms with Crippen molar-refractivity contribution in [1.29, 1.82) is 0 Å². The van der Waals surface area contributed by atoms with Crippen molar-refractivity contribution in [3.63, 3.8) is 0 Å². The number of carbonyl (C=O) groups is 1. The fraction of sp³-hybridized carbons (Fsp3) is 0.588. The maximum atomic E-state index is 14.4. The molecule has 2 atom stereocenters. The maximum absolute atomic E-state index is 14.4. The normalized spacial score (nSPS) is 27.5. The number of esters is 1. The molecule has 0 aromatic heterocycles. The molecule has 2 fully saturated rings. The van der Waals surface area contributed by atoms with Crippen LogP contribution in [0, 0.1) is 11.3 Å². The molecule has 2 aliphatic rings. The quantitative estimate of drug-likeness (QED) is 0.781. The molecule has 0 spiro atoms. The lowest BCUT2D eigenvalue weighted by molar-refractivity contribution is -0.152. The van der Waals surface area contributed by atoms with Crippen molar-refractivity contribution in [1.82, 2.24) is 4.90 Å². The molecule has 1 saturated carbocycles. The first-order valence-corrected chi connectivity index (χ1v) is 7.73. The first-order chi connectivity index (χ1) is 10.2. The van der Waals surface area contributed by atoms with Gasteiger partial charge in [0, 0.05) is 25.6 Å². The van der Waals surface area contributed by atoms with Crippen LogP contribution in [0.15, 0.2) is 30.3 Å². The van der Waals surface area contributed by atoms with E-state index in [-0.39, 0.29) is 11.9 Å². The van der Waals surface area contributed by atoms with Gasteiger partial charge in [-0.05, 0) is 25.3 Å². The Kier molecular flexibility index (Phi) is 3.98. The summed E-state index contributed by atoms with van der Waals surface area (Å²) in [6, 6.07) is 10.1. The zero-order valence-electron chi connectivity index (χ0n) is 12.4. The van der Waals surface area contributed by atoms with Crippen molar-refractivity contribution in [2.45, 2.75) is 32.5 Å². The van der Waals surface area contributed by atoms with E-state index in [4.69, 9.17) is 4.74 Å². The van der Waals surface area contributed by atoms with Crippen molar-refractivity contribution in [2.75, 3.05) is 19.7 Å². The fourth-order valence-corrected chi connectivity index (χ4v) is 3.47. The molecule has 3 nitrogen and oxygen atoms in total. The molecule has 0 bridgehead atoms. The molecule has 1 aliphatic carbocycles. The highest BCUT2D eigenvalue weighted by Gasteiger charge is 2.61. The highest BCUT2D eigenvalue weighted by Crippen LogP contribution is 2.56. The molecule has 0 radical (unpaired) electrons. The van der Waals surface area contributed by atoms with Crippen LogP contribution in [0.3, 0.4) is 0 Å². The van der Waals surface area contributed by atoms with Crippen molar-refractivity contribution in [2.24, 2.45) is 11.3 Å². The summed E-state index contributed by atoms with van der Waals surface area (Å²) in [6.07, 6.45) is 0.618. The molecule has 1 aliphatic heterocycles. The molecular weight excluding hydrogens is 269 g/mol. The minimum absolute atomic E-state index is 0.195. The topological polar surface area (TPSA) is 29.5 Å². The summed E-state index contributed by atoms with van der Waals surface area (Å²) in [6.45, 7) is 3.99. The monoisotopic (exact) mass is 291 g/mol. The molecule has 1 aromatic rings. The van der Waals surface area contributed by atoms with Crippen molar-refractivity contribution in [3.8, 4) is 0 Å². The number of hydrogen-bond acceptors (Lipinski definition) is 3. The Morgan fingerprint density at radius 1 is 1.33 bits per heavy atom. The van der Waals surface area contributed by atoms with Crippen molar-refractivity contribution < 1.29 is 13.9 Å². The summed E-state index contributed by atoms with van der Waals surface area (Å²) in [5.41, 5.74) is 0.646. The third kappa shape index (κ3) is 2.82. The Balaban J connectivity index is 1.65. The average molecular weight is 291 g/mol. The number of nitrogens with zero attached hydrogens (tertiary/aromatic N) is 1. The van der Waals surface area contributed by atoms with Gasteiger partial charge in [-0.3, -0.25) is 9.69 Å². The van der Waals surface area contributed by atoms with Crippen LogP contribution in [0.5, 0.6) is 0 Å². The lowest BCUT2D eigenvalue weighted by Gasteiger charge is -2.22. The number of halogens is 1. The number of alkyl halides is 1. The second-order valence-corrected chi connectivity index (χ2v) is 6.18. The highest BCUT2D eigenvalue weighted by atomic mass is 19.1. The van der Waals surface area contributed by atoms with Gasteiger partial charge in [-0.25, -0.2) is 4.39 Å². The summed E-state index contributed by atoms with van der Waals surface area (Å²) in [7, 11) is 0. The van der Waals surface area contributed by atoms with Crippen LogP contribution in [0.4, 0.5) is 4.39 Å². The fourth-order valence-electron chi connectivity index (χ4n) is 3.47. The van der Waals surface area contributed by atoms with E-state index >= 15 is 0 Å². The number of benzene rings is 1. The van der Waals surface area contributed by atoms with Gasteiger partial charge in [-0.2, -0.15) is 0 Å². The molecule has 4 heteroatoms. The van der Waals surface area contributed by atoms with E-state index in [0.29, 0.717) is 19.7 Å². The van der Waals surface area contributed by atoms with Gasteiger partial charge in [-0.15, -0.1) is 0 Å². The van der Waals surface area contributed by atoms with Crippen molar-refractivity contribution >= 4 is 5.97 Å². The van der Waals surface area contributed by atoms with E-state index in [2.05, 4.69) is 17.0 Å². The van der Waals surface area contributed by atoms with Crippen LogP contribution < -0.4 is 0 Å². The molecule has 2 unspecified atom stereocenters. The second kappa shape index (κ2) is 5.76. The summed E-state index contributed by atoms with van der Waals surface area (Å²) in [5.74, 6) is -0.403. The van der Waals surface area contributed by atoms with Gasteiger partial charge < -0.3 is 4.74 Å². The predicted molar refractivity (Wildman–Crippen MR) is 78.4 cm³/mol. The van der Waals surface area contributed by atoms with Crippen LogP contribution in [-0.2, 0) is 16.1 Å². The number of hydrogen-bond donors (Lipinski definition) is 0. The van der Waals surface area contributed by atoms with Crippen LogP contribution in [0.25, 0.3) is 0 Å². The molecule has 21 heavy (non-hydrogen) atoms. The van der Waals surface area contributed by atoms with Crippen LogP contribution in [-0.4, -0.2) is 36.7 Å². The Hall–Kier alpha value is -1.42. The van der Waals surface area contributed by atoms with Gasteiger partial charge in [0.15, 0.2) is 0 Å². The molecular formula is C17H22FNO2. The molecule has 0 N–H and O–H groups in total. The Labute approximate surface area is 125 Å². The van der Waals surface area contributed by atoms with E-state index in [1.165, 1.54) is 5.56 Å². The first kappa shape index (κ1) is 14.5. The van der Waals surface area contributed by atoms with E-state index < -0.39 is 11.6 Å². The smallest absolute Gasteiger partial charge is 0.312 e. The average Bonchev–Trinajstić information content (AvgIpc) is 3.20. The van der Waals surface area contributed by atoms with Crippen molar-refractivity contribution in [3.05, 3.63) is 35.9 Å². The molecule has 1 aromatic carbocycles. The van der Waals surface area contributed by atoms with E-state index in [1.807, 2.05) is 18.2 Å². The maximum Gasteiger partial charge on any atom is 0.312 e. The summed E-state index contributed by atoms with van der Waals surface area (Å²) < 4.78 is 19.6. The highest BCUT2D eigenvalue weighted by molar-refractivity contribution is 5.80. The standard InChI is InChI=1S/C17H22FNO2/c1-2-21-16(20)17(8-9-17)14-11-19(12-15(14)18)10-13-6-4-3-5-7-13/h3-7,14-15H,2,8-12H2,1H3. The lowest BCUT2D eigenvalue weighted by Crippen LogP contribution is -2.33. The first-order valence-electron chi connectivity index (χ1n) is 7.73. The van der Waals surface area contributed by atoms with Crippen LogP contribution >= 0.6 is 0 Å².